The van der Waals surface area contributed by atoms with Crippen LogP contribution in [-0.4, -0.2) is 23.9 Å². The Hall–Kier alpha value is -9.40. The van der Waals surface area contributed by atoms with Gasteiger partial charge in [-0.15, -0.1) is 0 Å². The van der Waals surface area contributed by atoms with Crippen LogP contribution >= 0.6 is 0 Å². The van der Waals surface area contributed by atoms with E-state index in [0.717, 1.165) is 77.9 Å². The van der Waals surface area contributed by atoms with Crippen molar-refractivity contribution in [2.24, 2.45) is 0 Å². The molecule has 2 heterocycles. The molecule has 0 atom stereocenters. The lowest BCUT2D eigenvalue weighted by Crippen LogP contribution is -2.21. The van der Waals surface area contributed by atoms with Crippen molar-refractivity contribution in [3.8, 4) is 22.3 Å². The molecule has 11 aromatic rings. The summed E-state index contributed by atoms with van der Waals surface area (Å²) in [6.07, 6.45) is 0. The lowest BCUT2D eigenvalue weighted by atomic mass is 9.79. The van der Waals surface area contributed by atoms with Crippen molar-refractivity contribution in [2.45, 2.75) is 105 Å². The van der Waals surface area contributed by atoms with E-state index >= 15 is 0 Å². The third kappa shape index (κ3) is 8.89. The molecule has 8 nitrogen and oxygen atoms in total. The fourth-order valence-corrected chi connectivity index (χ4v) is 12.5. The average molecular weight is 1100 g/mol. The van der Waals surface area contributed by atoms with E-state index in [1.807, 2.05) is 24.3 Å². The van der Waals surface area contributed by atoms with Crippen molar-refractivity contribution in [3.63, 3.8) is 0 Å². The first-order valence-electron chi connectivity index (χ1n) is 28.9. The van der Waals surface area contributed by atoms with Crippen molar-refractivity contribution in [2.75, 3.05) is 9.80 Å². The SMILES string of the molecule is CC(C)(C)c1ccc(N(c2ccc(-c3cc4c5c(ccc6c7c(-c8ccc(N(c9ccc(C(C)(C)C)cc9)c9ccc(C(C)(C)C)cc9)cc8)cc8c9c(ccc(c3c56)c97)C(=O)OC8=O)C(=O)OC4=O)cc2)c2ccc(C(C)(C)C)cc2)cc1. The van der Waals surface area contributed by atoms with Crippen molar-refractivity contribution in [3.05, 3.63) is 226 Å². The molecule has 0 N–H and O–H groups in total. The zero-order chi connectivity index (χ0) is 59.1. The Morgan fingerprint density at radius 1 is 0.250 bits per heavy atom. The number of ether oxygens (including phenoxy) is 2. The Labute approximate surface area is 490 Å². The van der Waals surface area contributed by atoms with E-state index in [2.05, 4.69) is 238 Å². The summed E-state index contributed by atoms with van der Waals surface area (Å²) in [5.41, 5.74) is 14.8. The first kappa shape index (κ1) is 53.9. The maximum Gasteiger partial charge on any atom is 0.346 e. The van der Waals surface area contributed by atoms with Crippen molar-refractivity contribution in [1.29, 1.82) is 0 Å². The Bertz CT molecular complexity index is 4120. The molecule has 0 aliphatic carbocycles. The molecule has 0 saturated carbocycles. The molecule has 416 valence electrons. The number of nitrogens with zero attached hydrogens (tertiary/aromatic N) is 2. The number of hydrogen-bond acceptors (Lipinski definition) is 8. The highest BCUT2D eigenvalue weighted by Crippen LogP contribution is 2.52. The maximum atomic E-state index is 14.2. The van der Waals surface area contributed by atoms with E-state index in [9.17, 15) is 19.2 Å². The molecule has 0 amide bonds. The van der Waals surface area contributed by atoms with Crippen molar-refractivity contribution in [1.82, 2.24) is 0 Å². The van der Waals surface area contributed by atoms with Crippen LogP contribution in [0.2, 0.25) is 0 Å². The molecule has 11 aromatic carbocycles. The summed E-state index contributed by atoms with van der Waals surface area (Å²) in [4.78, 5) is 60.6. The van der Waals surface area contributed by atoms with Gasteiger partial charge < -0.3 is 19.3 Å². The molecule has 84 heavy (non-hydrogen) atoms. The highest BCUT2D eigenvalue weighted by molar-refractivity contribution is 6.43. The van der Waals surface area contributed by atoms with Gasteiger partial charge in [0.1, 0.15) is 0 Å². The Morgan fingerprint density at radius 3 is 0.738 bits per heavy atom. The fraction of sp³-hybridized carbons (Fsp3) is 0.211. The molecule has 0 spiro atoms. The van der Waals surface area contributed by atoms with Gasteiger partial charge >= 0.3 is 23.9 Å². The number of hydrogen-bond donors (Lipinski definition) is 0. The van der Waals surface area contributed by atoms with Gasteiger partial charge in [0.2, 0.25) is 0 Å². The zero-order valence-corrected chi connectivity index (χ0v) is 49.7. The van der Waals surface area contributed by atoms with Crippen LogP contribution < -0.4 is 9.80 Å². The molecule has 2 aliphatic rings. The van der Waals surface area contributed by atoms with E-state index in [4.69, 9.17) is 9.47 Å². The van der Waals surface area contributed by atoms with E-state index in [-0.39, 0.29) is 43.9 Å². The minimum absolute atomic E-state index is 0.0288. The van der Waals surface area contributed by atoms with Crippen molar-refractivity contribution >= 4 is 101 Å². The van der Waals surface area contributed by atoms with Gasteiger partial charge in [0.25, 0.3) is 0 Å². The lowest BCUT2D eigenvalue weighted by Gasteiger charge is -2.28. The van der Waals surface area contributed by atoms with Crippen molar-refractivity contribution < 1.29 is 28.7 Å². The van der Waals surface area contributed by atoms with Gasteiger partial charge in [-0.1, -0.05) is 168 Å². The molecule has 0 unspecified atom stereocenters. The second-order valence-electron chi connectivity index (χ2n) is 26.8. The van der Waals surface area contributed by atoms with E-state index in [1.54, 1.807) is 12.1 Å². The molecule has 0 saturated heterocycles. The van der Waals surface area contributed by atoms with Crippen LogP contribution in [0.5, 0.6) is 0 Å². The highest BCUT2D eigenvalue weighted by atomic mass is 16.6. The summed E-state index contributed by atoms with van der Waals surface area (Å²) >= 11 is 0. The van der Waals surface area contributed by atoms with Crippen LogP contribution in [0, 0.1) is 0 Å². The standard InChI is InChI=1S/C76H66N2O6/c1-73(2,3)45-17-29-51(30-18-45)77(52-31-19-46(20-32-52)74(4,5)6)49-25-13-43(14-26-49)59-41-61-65-57(69(79)83-71(61)81)40-38-56-64-60(42-62-66-58(70(80)84-72(62)82)39-37-55(68(64)66)63(59)67(56)65)44-15-27-50(28-16-44)78(53-33-21-47(22-34-53)75(7,8)9)54-35-23-48(24-36-54)76(10,11)12/h13-42H,1-12H3. The second-order valence-corrected chi connectivity index (χ2v) is 26.8. The molecule has 8 heteroatoms. The predicted molar refractivity (Wildman–Crippen MR) is 342 cm³/mol. The van der Waals surface area contributed by atoms with Gasteiger partial charge in [0.15, 0.2) is 0 Å². The van der Waals surface area contributed by atoms with Gasteiger partial charge in [0, 0.05) is 44.9 Å². The number of rotatable bonds is 8. The largest absolute Gasteiger partial charge is 0.386 e. The molecule has 0 radical (unpaired) electrons. The number of cyclic esters (lactones) is 4. The van der Waals surface area contributed by atoms with Gasteiger partial charge in [-0.3, -0.25) is 0 Å². The van der Waals surface area contributed by atoms with Gasteiger partial charge in [-0.05, 0) is 196 Å². The topological polar surface area (TPSA) is 93.2 Å². The predicted octanol–water partition coefficient (Wildman–Crippen LogP) is 19.8. The number of benzene rings is 11. The Kier molecular flexibility index (Phi) is 12.2. The average Bonchev–Trinajstić information content (AvgIpc) is 0.865. The van der Waals surface area contributed by atoms with E-state index < -0.39 is 23.9 Å². The van der Waals surface area contributed by atoms with E-state index in [1.165, 1.54) is 22.3 Å². The number of carbonyl (C=O) groups excluding carboxylic acids is 4. The molecule has 0 aromatic heterocycles. The molecule has 2 aliphatic heterocycles. The molecular formula is C76H66N2O6. The van der Waals surface area contributed by atoms with Crippen LogP contribution in [0.25, 0.3) is 65.3 Å². The molecular weight excluding hydrogens is 1040 g/mol. The summed E-state index contributed by atoms with van der Waals surface area (Å²) < 4.78 is 11.0. The van der Waals surface area contributed by atoms with Crippen LogP contribution in [0.1, 0.15) is 147 Å². The zero-order valence-electron chi connectivity index (χ0n) is 49.7. The van der Waals surface area contributed by atoms with Gasteiger partial charge in [-0.25, -0.2) is 19.2 Å². The smallest absolute Gasteiger partial charge is 0.346 e. The first-order chi connectivity index (χ1) is 39.8. The highest BCUT2D eigenvalue weighted by Gasteiger charge is 2.36. The summed E-state index contributed by atoms with van der Waals surface area (Å²) in [5.74, 6) is -2.91. The number of carbonyl (C=O) groups is 4. The minimum Gasteiger partial charge on any atom is -0.386 e. The molecule has 0 fully saturated rings. The third-order valence-electron chi connectivity index (χ3n) is 17.2. The number of anilines is 6. The quantitative estimate of drug-likeness (QED) is 0.0643. The monoisotopic (exact) mass is 1100 g/mol. The van der Waals surface area contributed by atoms with Crippen LogP contribution in [0.15, 0.2) is 182 Å². The van der Waals surface area contributed by atoms with Crippen LogP contribution in [0.3, 0.4) is 0 Å². The third-order valence-corrected chi connectivity index (χ3v) is 17.2. The summed E-state index contributed by atoms with van der Waals surface area (Å²) in [6, 6.07) is 62.5. The number of fused-ring (bicyclic) bond motifs is 2. The van der Waals surface area contributed by atoms with Gasteiger partial charge in [0.05, 0.1) is 22.3 Å². The molecule has 0 bridgehead atoms. The van der Waals surface area contributed by atoms with E-state index in [0.29, 0.717) is 21.5 Å². The lowest BCUT2D eigenvalue weighted by molar-refractivity contribution is 0.0373. The number of esters is 4. The Morgan fingerprint density at radius 2 is 0.488 bits per heavy atom. The first-order valence-corrected chi connectivity index (χ1v) is 28.9. The molecule has 13 rings (SSSR count). The second kappa shape index (κ2) is 19.1. The van der Waals surface area contributed by atoms with Gasteiger partial charge in [-0.2, -0.15) is 0 Å². The van der Waals surface area contributed by atoms with Crippen LogP contribution in [0.4, 0.5) is 34.1 Å². The summed E-state index contributed by atoms with van der Waals surface area (Å²) in [5, 5.41) is 5.42. The van der Waals surface area contributed by atoms with Crippen LogP contribution in [-0.2, 0) is 31.1 Å². The summed E-state index contributed by atoms with van der Waals surface area (Å²) in [6.45, 7) is 26.6. The summed E-state index contributed by atoms with van der Waals surface area (Å²) in [7, 11) is 0. The maximum absolute atomic E-state index is 14.2. The fourth-order valence-electron chi connectivity index (χ4n) is 12.5. The minimum atomic E-state index is -0.733. The normalized spacial score (nSPS) is 13.8. The Balaban J connectivity index is 1.03.